The molecule has 3 nitrogen and oxygen atoms in total. The first-order valence-electron chi connectivity index (χ1n) is 4.29. The summed E-state index contributed by atoms with van der Waals surface area (Å²) in [4.78, 5) is 10.7. The summed E-state index contributed by atoms with van der Waals surface area (Å²) in [6, 6.07) is 4.89. The Morgan fingerprint density at radius 3 is 2.38 bits per heavy atom. The van der Waals surface area contributed by atoms with E-state index in [9.17, 15) is 18.0 Å². The van der Waals surface area contributed by atoms with Crippen molar-refractivity contribution in [1.82, 2.24) is 0 Å². The van der Waals surface area contributed by atoms with E-state index in [-0.39, 0.29) is 0 Å². The molecular formula is C10H9F3O3. The minimum Gasteiger partial charge on any atom is -0.478 e. The van der Waals surface area contributed by atoms with Crippen molar-refractivity contribution in [2.75, 3.05) is 7.11 Å². The first-order valence-corrected chi connectivity index (χ1v) is 4.29. The molecule has 0 fully saturated rings. The first kappa shape index (κ1) is 12.5. The van der Waals surface area contributed by atoms with E-state index in [1.807, 2.05) is 0 Å². The summed E-state index contributed by atoms with van der Waals surface area (Å²) in [5, 5.41) is 8.75. The van der Waals surface area contributed by atoms with Gasteiger partial charge in [0.25, 0.3) is 0 Å². The molecule has 0 aliphatic carbocycles. The van der Waals surface area contributed by atoms with Crippen molar-refractivity contribution < 1.29 is 27.8 Å². The van der Waals surface area contributed by atoms with Gasteiger partial charge in [-0.1, -0.05) is 18.2 Å². The normalized spacial score (nSPS) is 13.5. The Kier molecular flexibility index (Phi) is 3.54. The van der Waals surface area contributed by atoms with Crippen molar-refractivity contribution in [3.8, 4) is 0 Å². The summed E-state index contributed by atoms with van der Waals surface area (Å²) in [5.41, 5.74) is -0.809. The molecule has 0 amide bonds. The Balaban J connectivity index is 3.25. The van der Waals surface area contributed by atoms with Gasteiger partial charge in [-0.2, -0.15) is 13.2 Å². The van der Waals surface area contributed by atoms with Crippen molar-refractivity contribution in [3.05, 3.63) is 35.4 Å². The summed E-state index contributed by atoms with van der Waals surface area (Å²) in [5.74, 6) is -1.41. The van der Waals surface area contributed by atoms with Gasteiger partial charge < -0.3 is 9.84 Å². The van der Waals surface area contributed by atoms with Crippen LogP contribution in [0.2, 0.25) is 0 Å². The van der Waals surface area contributed by atoms with Gasteiger partial charge in [0, 0.05) is 12.7 Å². The van der Waals surface area contributed by atoms with Crippen LogP contribution in [0, 0.1) is 0 Å². The topological polar surface area (TPSA) is 46.5 Å². The maximum absolute atomic E-state index is 12.5. The lowest BCUT2D eigenvalue weighted by atomic mass is 10.0. The summed E-state index contributed by atoms with van der Waals surface area (Å²) < 4.78 is 41.9. The van der Waals surface area contributed by atoms with E-state index in [0.717, 1.165) is 19.2 Å². The molecule has 1 atom stereocenters. The molecule has 0 saturated carbocycles. The molecule has 0 heterocycles. The number of hydrogen-bond donors (Lipinski definition) is 1. The van der Waals surface area contributed by atoms with Gasteiger partial charge in [0.15, 0.2) is 6.10 Å². The number of ether oxygens (including phenoxy) is 1. The van der Waals surface area contributed by atoms with Gasteiger partial charge in [0.1, 0.15) is 0 Å². The quantitative estimate of drug-likeness (QED) is 0.874. The Morgan fingerprint density at radius 2 is 1.94 bits per heavy atom. The number of halogens is 3. The molecule has 1 unspecified atom stereocenters. The number of methoxy groups -OCH3 is 1. The predicted molar refractivity (Wildman–Crippen MR) is 49.2 cm³/mol. The van der Waals surface area contributed by atoms with Gasteiger partial charge in [-0.25, -0.2) is 4.79 Å². The van der Waals surface area contributed by atoms with Crippen molar-refractivity contribution in [2.24, 2.45) is 0 Å². The molecule has 1 aromatic carbocycles. The third-order valence-electron chi connectivity index (χ3n) is 2.01. The van der Waals surface area contributed by atoms with Gasteiger partial charge in [-0.05, 0) is 6.07 Å². The van der Waals surface area contributed by atoms with Crippen molar-refractivity contribution >= 4 is 5.97 Å². The summed E-state index contributed by atoms with van der Waals surface area (Å²) in [6.45, 7) is 0. The van der Waals surface area contributed by atoms with Gasteiger partial charge in [0.05, 0.1) is 5.56 Å². The molecular weight excluding hydrogens is 225 g/mol. The monoisotopic (exact) mass is 234 g/mol. The molecule has 0 aliphatic rings. The Morgan fingerprint density at radius 1 is 1.38 bits per heavy atom. The largest absolute Gasteiger partial charge is 0.478 e. The standard InChI is InChI=1S/C10H9F3O3/c1-16-8(10(11,12)13)6-4-2-3-5-7(6)9(14)15/h2-5,8H,1H3,(H,14,15). The second-order valence-corrected chi connectivity index (χ2v) is 3.05. The molecule has 1 N–H and O–H groups in total. The smallest absolute Gasteiger partial charge is 0.418 e. The second kappa shape index (κ2) is 4.52. The SMILES string of the molecule is COC(c1ccccc1C(=O)O)C(F)(F)F. The van der Waals surface area contributed by atoms with Gasteiger partial charge in [-0.15, -0.1) is 0 Å². The lowest BCUT2D eigenvalue weighted by molar-refractivity contribution is -0.216. The molecule has 0 saturated heterocycles. The fourth-order valence-electron chi connectivity index (χ4n) is 1.36. The molecule has 0 bridgehead atoms. The number of carboxylic acid groups (broad SMARTS) is 1. The van der Waals surface area contributed by atoms with Crippen LogP contribution in [0.4, 0.5) is 13.2 Å². The summed E-state index contributed by atoms with van der Waals surface area (Å²) in [6.07, 6.45) is -6.86. The zero-order valence-electron chi connectivity index (χ0n) is 8.28. The minimum absolute atomic E-state index is 0.398. The molecule has 0 aliphatic heterocycles. The van der Waals surface area contributed by atoms with Crippen LogP contribution in [0.25, 0.3) is 0 Å². The van der Waals surface area contributed by atoms with Crippen LogP contribution in [-0.2, 0) is 4.74 Å². The maximum Gasteiger partial charge on any atom is 0.418 e. The number of hydrogen-bond acceptors (Lipinski definition) is 2. The van der Waals surface area contributed by atoms with Crippen LogP contribution in [0.15, 0.2) is 24.3 Å². The van der Waals surface area contributed by atoms with E-state index in [1.165, 1.54) is 12.1 Å². The van der Waals surface area contributed by atoms with E-state index in [0.29, 0.717) is 0 Å². The number of alkyl halides is 3. The highest BCUT2D eigenvalue weighted by molar-refractivity contribution is 5.89. The summed E-state index contributed by atoms with van der Waals surface area (Å²) in [7, 11) is 0.886. The second-order valence-electron chi connectivity index (χ2n) is 3.05. The average molecular weight is 234 g/mol. The van der Waals surface area contributed by atoms with Crippen molar-refractivity contribution in [2.45, 2.75) is 12.3 Å². The molecule has 16 heavy (non-hydrogen) atoms. The Labute approximate surface area is 89.5 Å². The fourth-order valence-corrected chi connectivity index (χ4v) is 1.36. The lowest BCUT2D eigenvalue weighted by Crippen LogP contribution is -2.24. The van der Waals surface area contributed by atoms with E-state index in [2.05, 4.69) is 4.74 Å². The highest BCUT2D eigenvalue weighted by atomic mass is 19.4. The number of carbonyl (C=O) groups is 1. The zero-order valence-corrected chi connectivity index (χ0v) is 8.28. The molecule has 88 valence electrons. The van der Waals surface area contributed by atoms with Crippen LogP contribution in [0.5, 0.6) is 0 Å². The number of rotatable bonds is 3. The van der Waals surface area contributed by atoms with E-state index >= 15 is 0 Å². The molecule has 0 radical (unpaired) electrons. The van der Waals surface area contributed by atoms with Crippen LogP contribution in [0.1, 0.15) is 22.0 Å². The Hall–Kier alpha value is -1.56. The number of aromatic carboxylic acids is 1. The summed E-state index contributed by atoms with van der Waals surface area (Å²) >= 11 is 0. The first-order chi connectivity index (χ1) is 7.38. The zero-order chi connectivity index (χ0) is 12.3. The van der Waals surface area contributed by atoms with Crippen molar-refractivity contribution in [3.63, 3.8) is 0 Å². The molecule has 0 aromatic heterocycles. The highest BCUT2D eigenvalue weighted by Gasteiger charge is 2.42. The van der Waals surface area contributed by atoms with Crippen LogP contribution < -0.4 is 0 Å². The highest BCUT2D eigenvalue weighted by Crippen LogP contribution is 2.36. The molecule has 1 rings (SSSR count). The van der Waals surface area contributed by atoms with Crippen LogP contribution >= 0.6 is 0 Å². The minimum atomic E-state index is -4.64. The number of benzene rings is 1. The maximum atomic E-state index is 12.5. The van der Waals surface area contributed by atoms with Crippen molar-refractivity contribution in [1.29, 1.82) is 0 Å². The molecule has 1 aromatic rings. The van der Waals surface area contributed by atoms with E-state index in [4.69, 9.17) is 5.11 Å². The fraction of sp³-hybridized carbons (Fsp3) is 0.300. The third-order valence-corrected chi connectivity index (χ3v) is 2.01. The predicted octanol–water partition coefficient (Wildman–Crippen LogP) is 2.63. The average Bonchev–Trinajstić information content (AvgIpc) is 2.17. The van der Waals surface area contributed by atoms with E-state index in [1.54, 1.807) is 0 Å². The van der Waals surface area contributed by atoms with Gasteiger partial charge in [0.2, 0.25) is 0 Å². The third kappa shape index (κ3) is 2.52. The lowest BCUT2D eigenvalue weighted by Gasteiger charge is -2.20. The van der Waals surface area contributed by atoms with E-state index < -0.39 is 29.4 Å². The van der Waals surface area contributed by atoms with Gasteiger partial charge >= 0.3 is 12.1 Å². The Bertz CT molecular complexity index is 387. The van der Waals surface area contributed by atoms with Gasteiger partial charge in [-0.3, -0.25) is 0 Å². The number of carboxylic acids is 1. The molecule has 0 spiro atoms. The molecule has 6 heteroatoms. The van der Waals surface area contributed by atoms with Crippen LogP contribution in [0.3, 0.4) is 0 Å². The van der Waals surface area contributed by atoms with Crippen LogP contribution in [-0.4, -0.2) is 24.4 Å².